The first kappa shape index (κ1) is 16.1. The van der Waals surface area contributed by atoms with Crippen LogP contribution in [0, 0.1) is 13.8 Å². The molecule has 3 aromatic heterocycles. The molecule has 0 aliphatic heterocycles. The second kappa shape index (κ2) is 6.47. The Labute approximate surface area is 150 Å². The van der Waals surface area contributed by atoms with Crippen LogP contribution >= 0.6 is 0 Å². The van der Waals surface area contributed by atoms with Gasteiger partial charge in [-0.2, -0.15) is 9.50 Å². The number of rotatable bonds is 4. The van der Waals surface area contributed by atoms with Crippen LogP contribution in [0.1, 0.15) is 24.0 Å². The SMILES string of the molecule is CCc1nc2nnc(-c3ccnc(Nc4ccccc4C)n3)c(C)n2n1. The first-order valence-corrected chi connectivity index (χ1v) is 8.40. The van der Waals surface area contributed by atoms with Gasteiger partial charge in [-0.3, -0.25) is 0 Å². The highest BCUT2D eigenvalue weighted by molar-refractivity contribution is 5.62. The molecule has 0 spiro atoms. The Hall–Kier alpha value is -3.42. The Bertz CT molecular complexity index is 1090. The van der Waals surface area contributed by atoms with Gasteiger partial charge in [-0.25, -0.2) is 9.97 Å². The molecule has 4 rings (SSSR count). The van der Waals surface area contributed by atoms with Crippen molar-refractivity contribution < 1.29 is 0 Å². The van der Waals surface area contributed by atoms with Crippen molar-refractivity contribution in [2.75, 3.05) is 5.32 Å². The van der Waals surface area contributed by atoms with E-state index in [0.717, 1.165) is 29.2 Å². The largest absolute Gasteiger partial charge is 0.324 e. The van der Waals surface area contributed by atoms with Gasteiger partial charge in [-0.05, 0) is 31.5 Å². The number of hydrogen-bond acceptors (Lipinski definition) is 7. The molecule has 8 nitrogen and oxygen atoms in total. The fourth-order valence-corrected chi connectivity index (χ4v) is 2.67. The minimum Gasteiger partial charge on any atom is -0.324 e. The van der Waals surface area contributed by atoms with Crippen LogP contribution in [0.4, 0.5) is 11.6 Å². The Morgan fingerprint density at radius 3 is 2.69 bits per heavy atom. The summed E-state index contributed by atoms with van der Waals surface area (Å²) in [6.45, 7) is 5.97. The molecule has 0 aliphatic carbocycles. The molecule has 3 heterocycles. The fraction of sp³-hybridized carbons (Fsp3) is 0.222. The number of para-hydroxylation sites is 1. The number of benzene rings is 1. The molecule has 0 saturated heterocycles. The van der Waals surface area contributed by atoms with E-state index in [1.165, 1.54) is 0 Å². The van der Waals surface area contributed by atoms with Crippen molar-refractivity contribution in [2.24, 2.45) is 0 Å². The summed E-state index contributed by atoms with van der Waals surface area (Å²) in [7, 11) is 0. The third-order valence-electron chi connectivity index (χ3n) is 4.14. The molecule has 1 aromatic carbocycles. The summed E-state index contributed by atoms with van der Waals surface area (Å²) >= 11 is 0. The minimum atomic E-state index is 0.496. The van der Waals surface area contributed by atoms with E-state index in [1.807, 2.05) is 51.1 Å². The lowest BCUT2D eigenvalue weighted by atomic mass is 10.2. The van der Waals surface area contributed by atoms with Gasteiger partial charge in [0, 0.05) is 18.3 Å². The monoisotopic (exact) mass is 346 g/mol. The van der Waals surface area contributed by atoms with Crippen LogP contribution in [-0.2, 0) is 6.42 Å². The second-order valence-corrected chi connectivity index (χ2v) is 5.93. The van der Waals surface area contributed by atoms with E-state index < -0.39 is 0 Å². The van der Waals surface area contributed by atoms with Gasteiger partial charge in [0.15, 0.2) is 5.82 Å². The molecule has 26 heavy (non-hydrogen) atoms. The van der Waals surface area contributed by atoms with Crippen molar-refractivity contribution in [1.82, 2.24) is 34.8 Å². The third kappa shape index (κ3) is 2.85. The molecule has 0 bridgehead atoms. The van der Waals surface area contributed by atoms with Gasteiger partial charge < -0.3 is 5.32 Å². The van der Waals surface area contributed by atoms with Crippen molar-refractivity contribution in [2.45, 2.75) is 27.2 Å². The predicted molar refractivity (Wildman–Crippen MR) is 98.2 cm³/mol. The van der Waals surface area contributed by atoms with Gasteiger partial charge >= 0.3 is 0 Å². The van der Waals surface area contributed by atoms with Gasteiger partial charge in [0.05, 0.1) is 11.4 Å². The van der Waals surface area contributed by atoms with E-state index in [-0.39, 0.29) is 0 Å². The van der Waals surface area contributed by atoms with E-state index in [9.17, 15) is 0 Å². The molecule has 1 N–H and O–H groups in total. The van der Waals surface area contributed by atoms with Crippen molar-refractivity contribution in [3.8, 4) is 11.4 Å². The summed E-state index contributed by atoms with van der Waals surface area (Å²) in [5.74, 6) is 1.74. The lowest BCUT2D eigenvalue weighted by Crippen LogP contribution is -2.05. The summed E-state index contributed by atoms with van der Waals surface area (Å²) in [6.07, 6.45) is 2.45. The van der Waals surface area contributed by atoms with Crippen LogP contribution in [0.3, 0.4) is 0 Å². The third-order valence-corrected chi connectivity index (χ3v) is 4.14. The molecule has 4 aromatic rings. The van der Waals surface area contributed by atoms with Crippen molar-refractivity contribution in [3.63, 3.8) is 0 Å². The highest BCUT2D eigenvalue weighted by atomic mass is 15.4. The highest BCUT2D eigenvalue weighted by Crippen LogP contribution is 2.22. The zero-order valence-corrected chi connectivity index (χ0v) is 14.8. The highest BCUT2D eigenvalue weighted by Gasteiger charge is 2.14. The quantitative estimate of drug-likeness (QED) is 0.607. The van der Waals surface area contributed by atoms with Gasteiger partial charge in [-0.15, -0.1) is 15.3 Å². The summed E-state index contributed by atoms with van der Waals surface area (Å²) in [6, 6.07) is 9.80. The molecule has 0 amide bonds. The average Bonchev–Trinajstić information content (AvgIpc) is 3.09. The molecular formula is C18H18N8. The number of hydrogen-bond donors (Lipinski definition) is 1. The lowest BCUT2D eigenvalue weighted by Gasteiger charge is -2.09. The molecule has 0 unspecified atom stereocenters. The Balaban J connectivity index is 1.73. The van der Waals surface area contributed by atoms with Gasteiger partial charge in [0.2, 0.25) is 5.95 Å². The smallest absolute Gasteiger partial charge is 0.272 e. The lowest BCUT2D eigenvalue weighted by molar-refractivity contribution is 0.827. The van der Waals surface area contributed by atoms with E-state index in [2.05, 4.69) is 35.6 Å². The van der Waals surface area contributed by atoms with Crippen LogP contribution in [0.5, 0.6) is 0 Å². The molecule has 0 aliphatic rings. The second-order valence-electron chi connectivity index (χ2n) is 5.93. The number of fused-ring (bicyclic) bond motifs is 1. The molecule has 0 atom stereocenters. The topological polar surface area (TPSA) is 93.8 Å². The zero-order valence-electron chi connectivity index (χ0n) is 14.8. The first-order valence-electron chi connectivity index (χ1n) is 8.40. The van der Waals surface area contributed by atoms with Crippen molar-refractivity contribution in [3.05, 3.63) is 53.6 Å². The van der Waals surface area contributed by atoms with Crippen LogP contribution in [0.2, 0.25) is 0 Å². The minimum absolute atomic E-state index is 0.496. The van der Waals surface area contributed by atoms with E-state index in [4.69, 9.17) is 0 Å². The molecule has 0 fully saturated rings. The normalized spacial score (nSPS) is 11.0. The molecule has 130 valence electrons. The number of anilines is 2. The Morgan fingerprint density at radius 2 is 1.88 bits per heavy atom. The standard InChI is InChI=1S/C18H18N8/c1-4-15-22-18-24-23-16(12(3)26(18)25-15)14-9-10-19-17(21-14)20-13-8-6-5-7-11(13)2/h5-10H,4H2,1-3H3,(H,19,20,21). The first-order chi connectivity index (χ1) is 12.7. The average molecular weight is 346 g/mol. The van der Waals surface area contributed by atoms with Gasteiger partial charge in [-0.1, -0.05) is 25.1 Å². The number of nitrogens with zero attached hydrogens (tertiary/aromatic N) is 7. The summed E-state index contributed by atoms with van der Waals surface area (Å²) in [4.78, 5) is 13.2. The van der Waals surface area contributed by atoms with Crippen LogP contribution in [-0.4, -0.2) is 34.8 Å². The number of aromatic nitrogens is 7. The van der Waals surface area contributed by atoms with E-state index >= 15 is 0 Å². The van der Waals surface area contributed by atoms with Crippen molar-refractivity contribution in [1.29, 1.82) is 0 Å². The molecular weight excluding hydrogens is 328 g/mol. The summed E-state index contributed by atoms with van der Waals surface area (Å²) in [5.41, 5.74) is 4.25. The van der Waals surface area contributed by atoms with Crippen LogP contribution in [0.25, 0.3) is 17.2 Å². The maximum atomic E-state index is 4.59. The van der Waals surface area contributed by atoms with Gasteiger partial charge in [0.1, 0.15) is 5.69 Å². The van der Waals surface area contributed by atoms with E-state index in [1.54, 1.807) is 10.7 Å². The van der Waals surface area contributed by atoms with Gasteiger partial charge in [0.25, 0.3) is 5.78 Å². The van der Waals surface area contributed by atoms with E-state index in [0.29, 0.717) is 23.1 Å². The summed E-state index contributed by atoms with van der Waals surface area (Å²) < 4.78 is 1.71. The predicted octanol–water partition coefficient (Wildman–Crippen LogP) is 2.90. The molecule has 0 radical (unpaired) electrons. The fourth-order valence-electron chi connectivity index (χ4n) is 2.67. The number of nitrogens with one attached hydrogen (secondary N) is 1. The van der Waals surface area contributed by atoms with Crippen LogP contribution in [0.15, 0.2) is 36.5 Å². The zero-order chi connectivity index (χ0) is 18.1. The van der Waals surface area contributed by atoms with Crippen LogP contribution < -0.4 is 5.32 Å². The maximum absolute atomic E-state index is 4.59. The summed E-state index contributed by atoms with van der Waals surface area (Å²) in [5, 5.41) is 16.2. The Kier molecular flexibility index (Phi) is 4.00. The Morgan fingerprint density at radius 1 is 1.04 bits per heavy atom. The molecule has 0 saturated carbocycles. The van der Waals surface area contributed by atoms with Crippen molar-refractivity contribution >= 4 is 17.4 Å². The maximum Gasteiger partial charge on any atom is 0.272 e. The number of aryl methyl sites for hydroxylation is 3. The molecule has 8 heteroatoms.